The Labute approximate surface area is 190 Å². The molecule has 3 heterocycles. The number of hydrogen-bond donors (Lipinski definition) is 0. The molecule has 164 valence electrons. The third-order valence-electron chi connectivity index (χ3n) is 5.69. The van der Waals surface area contributed by atoms with Crippen LogP contribution in [0.3, 0.4) is 0 Å². The molecule has 1 aliphatic heterocycles. The monoisotopic (exact) mass is 439 g/mol. The first-order valence-corrected chi connectivity index (χ1v) is 10.5. The maximum absolute atomic E-state index is 12.8. The van der Waals surface area contributed by atoms with Gasteiger partial charge in [-0.3, -0.25) is 14.9 Å². The van der Waals surface area contributed by atoms with E-state index >= 15 is 0 Å². The second kappa shape index (κ2) is 8.23. The third kappa shape index (κ3) is 3.94. The van der Waals surface area contributed by atoms with E-state index in [1.807, 2.05) is 52.8 Å². The van der Waals surface area contributed by atoms with E-state index in [2.05, 4.69) is 12.1 Å². The van der Waals surface area contributed by atoms with E-state index in [1.165, 1.54) is 23.8 Å². The number of benzene rings is 2. The number of aryl methyl sites for hydroxylation is 1. The normalized spacial score (nSPS) is 12.9. The second-order valence-corrected chi connectivity index (χ2v) is 7.96. The van der Waals surface area contributed by atoms with E-state index in [1.54, 1.807) is 23.1 Å². The number of nitro groups is 1. The highest BCUT2D eigenvalue weighted by Crippen LogP contribution is 2.30. The van der Waals surface area contributed by atoms with Gasteiger partial charge in [0.05, 0.1) is 29.4 Å². The highest BCUT2D eigenvalue weighted by atomic mass is 16.6. The maximum atomic E-state index is 12.8. The number of amides is 1. The Morgan fingerprint density at radius 2 is 1.73 bits per heavy atom. The van der Waals surface area contributed by atoms with E-state index in [-0.39, 0.29) is 11.6 Å². The molecule has 4 aromatic rings. The molecule has 33 heavy (non-hydrogen) atoms. The first-order chi connectivity index (χ1) is 16.0. The number of hydrogen-bond acceptors (Lipinski definition) is 4. The van der Waals surface area contributed by atoms with Crippen LogP contribution in [0.1, 0.15) is 22.4 Å². The molecule has 0 radical (unpaired) electrons. The van der Waals surface area contributed by atoms with Gasteiger partial charge in [-0.2, -0.15) is 5.10 Å². The fourth-order valence-electron chi connectivity index (χ4n) is 3.94. The zero-order valence-electron chi connectivity index (χ0n) is 18.0. The van der Waals surface area contributed by atoms with Crippen molar-refractivity contribution in [3.8, 4) is 11.5 Å². The standard InChI is InChI=1S/C25H21N5O3/c1-18-4-9-20(10-5-18)29-25(27-14-2-3-15-27)22-16-28(17-23(22)26-29)24(31)13-8-19-6-11-21(12-7-19)30(32)33/h2-15H,16-17H2,1H3/b13-8+. The van der Waals surface area contributed by atoms with Gasteiger partial charge in [-0.05, 0) is 55.0 Å². The molecule has 5 rings (SSSR count). The van der Waals surface area contributed by atoms with Gasteiger partial charge in [0.2, 0.25) is 5.91 Å². The average Bonchev–Trinajstić information content (AvgIpc) is 3.54. The maximum Gasteiger partial charge on any atom is 0.269 e. The molecule has 2 aromatic heterocycles. The van der Waals surface area contributed by atoms with Gasteiger partial charge in [-0.15, -0.1) is 0 Å². The molecule has 0 unspecified atom stereocenters. The average molecular weight is 439 g/mol. The molecule has 0 aliphatic carbocycles. The topological polar surface area (TPSA) is 86.2 Å². The van der Waals surface area contributed by atoms with Crippen molar-refractivity contribution < 1.29 is 9.72 Å². The van der Waals surface area contributed by atoms with Crippen molar-refractivity contribution >= 4 is 17.7 Å². The van der Waals surface area contributed by atoms with Crippen molar-refractivity contribution in [1.82, 2.24) is 19.2 Å². The smallest absolute Gasteiger partial charge is 0.269 e. The van der Waals surface area contributed by atoms with E-state index < -0.39 is 4.92 Å². The lowest BCUT2D eigenvalue weighted by Gasteiger charge is -2.16. The Kier molecular flexibility index (Phi) is 5.10. The van der Waals surface area contributed by atoms with Gasteiger partial charge in [0.1, 0.15) is 5.82 Å². The molecule has 0 saturated carbocycles. The molecule has 1 amide bonds. The molecule has 0 spiro atoms. The molecule has 8 nitrogen and oxygen atoms in total. The third-order valence-corrected chi connectivity index (χ3v) is 5.69. The summed E-state index contributed by atoms with van der Waals surface area (Å²) >= 11 is 0. The number of fused-ring (bicyclic) bond motifs is 1. The van der Waals surface area contributed by atoms with Crippen LogP contribution in [0.5, 0.6) is 0 Å². The van der Waals surface area contributed by atoms with Crippen LogP contribution < -0.4 is 0 Å². The number of carbonyl (C=O) groups excluding carboxylic acids is 1. The second-order valence-electron chi connectivity index (χ2n) is 7.96. The van der Waals surface area contributed by atoms with Crippen LogP contribution in [-0.2, 0) is 17.9 Å². The molecular weight excluding hydrogens is 418 g/mol. The fraction of sp³-hybridized carbons (Fsp3) is 0.120. The number of nitrogens with zero attached hydrogens (tertiary/aromatic N) is 5. The molecule has 8 heteroatoms. The summed E-state index contributed by atoms with van der Waals surface area (Å²) in [6.45, 7) is 2.93. The molecule has 0 N–H and O–H groups in total. The Bertz CT molecular complexity index is 1350. The number of nitro benzene ring substituents is 1. The fourth-order valence-corrected chi connectivity index (χ4v) is 3.94. The molecule has 0 fully saturated rings. The highest BCUT2D eigenvalue weighted by molar-refractivity contribution is 5.92. The van der Waals surface area contributed by atoms with Crippen molar-refractivity contribution in [2.75, 3.05) is 0 Å². The van der Waals surface area contributed by atoms with Crippen LogP contribution in [0.15, 0.2) is 79.1 Å². The van der Waals surface area contributed by atoms with E-state index in [4.69, 9.17) is 5.10 Å². The van der Waals surface area contributed by atoms with E-state index in [9.17, 15) is 14.9 Å². The van der Waals surface area contributed by atoms with Crippen LogP contribution in [0.25, 0.3) is 17.6 Å². The summed E-state index contributed by atoms with van der Waals surface area (Å²) in [6, 6.07) is 18.2. The lowest BCUT2D eigenvalue weighted by Crippen LogP contribution is -2.24. The van der Waals surface area contributed by atoms with Crippen molar-refractivity contribution in [3.05, 3.63) is 112 Å². The van der Waals surface area contributed by atoms with Gasteiger partial charge in [0.25, 0.3) is 5.69 Å². The van der Waals surface area contributed by atoms with Crippen LogP contribution in [0, 0.1) is 17.0 Å². The first-order valence-electron chi connectivity index (χ1n) is 10.5. The van der Waals surface area contributed by atoms with Crippen molar-refractivity contribution in [2.24, 2.45) is 0 Å². The zero-order valence-corrected chi connectivity index (χ0v) is 18.0. The van der Waals surface area contributed by atoms with Gasteiger partial charge in [-0.25, -0.2) is 4.68 Å². The minimum atomic E-state index is -0.446. The SMILES string of the molecule is Cc1ccc(-n2nc3c(c2-n2cccc2)CN(C(=O)/C=C/c2ccc([N+](=O)[O-])cc2)C3)cc1. The number of non-ortho nitro benzene ring substituents is 1. The lowest BCUT2D eigenvalue weighted by atomic mass is 10.2. The van der Waals surface area contributed by atoms with Gasteiger partial charge in [0, 0.05) is 36.2 Å². The Morgan fingerprint density at radius 3 is 2.39 bits per heavy atom. The summed E-state index contributed by atoms with van der Waals surface area (Å²) in [7, 11) is 0. The van der Waals surface area contributed by atoms with Crippen LogP contribution in [-0.4, -0.2) is 30.1 Å². The predicted molar refractivity (Wildman–Crippen MR) is 124 cm³/mol. The minimum Gasteiger partial charge on any atom is -0.329 e. The van der Waals surface area contributed by atoms with Crippen molar-refractivity contribution in [3.63, 3.8) is 0 Å². The summed E-state index contributed by atoms with van der Waals surface area (Å²) in [5.74, 6) is 0.792. The largest absolute Gasteiger partial charge is 0.329 e. The number of carbonyl (C=O) groups is 1. The van der Waals surface area contributed by atoms with Gasteiger partial charge < -0.3 is 9.47 Å². The van der Waals surface area contributed by atoms with Crippen LogP contribution in [0.2, 0.25) is 0 Å². The van der Waals surface area contributed by atoms with E-state index in [0.29, 0.717) is 13.1 Å². The number of rotatable bonds is 5. The van der Waals surface area contributed by atoms with Crippen LogP contribution in [0.4, 0.5) is 5.69 Å². The summed E-state index contributed by atoms with van der Waals surface area (Å²) in [6.07, 6.45) is 7.11. The molecule has 0 bridgehead atoms. The molecule has 2 aromatic carbocycles. The van der Waals surface area contributed by atoms with Crippen molar-refractivity contribution in [2.45, 2.75) is 20.0 Å². The Balaban J connectivity index is 1.39. The molecule has 0 atom stereocenters. The molecule has 0 saturated heterocycles. The number of aromatic nitrogens is 3. The van der Waals surface area contributed by atoms with Gasteiger partial charge in [0.15, 0.2) is 0 Å². The molecular formula is C25H21N5O3. The Hall–Kier alpha value is -4.46. The van der Waals surface area contributed by atoms with Crippen molar-refractivity contribution in [1.29, 1.82) is 0 Å². The molecule has 1 aliphatic rings. The lowest BCUT2D eigenvalue weighted by molar-refractivity contribution is -0.384. The highest BCUT2D eigenvalue weighted by Gasteiger charge is 2.30. The van der Waals surface area contributed by atoms with Gasteiger partial charge in [-0.1, -0.05) is 17.7 Å². The van der Waals surface area contributed by atoms with Gasteiger partial charge >= 0.3 is 0 Å². The quantitative estimate of drug-likeness (QED) is 0.261. The summed E-state index contributed by atoms with van der Waals surface area (Å²) in [4.78, 5) is 24.9. The zero-order chi connectivity index (χ0) is 22.9. The summed E-state index contributed by atoms with van der Waals surface area (Å²) in [5.41, 5.74) is 4.78. The summed E-state index contributed by atoms with van der Waals surface area (Å²) in [5, 5.41) is 15.6. The minimum absolute atomic E-state index is 0.0199. The summed E-state index contributed by atoms with van der Waals surface area (Å²) < 4.78 is 3.95. The van der Waals surface area contributed by atoms with Crippen LogP contribution >= 0.6 is 0 Å². The van der Waals surface area contributed by atoms with E-state index in [0.717, 1.165) is 28.3 Å². The first kappa shape index (κ1) is 20.4. The Morgan fingerprint density at radius 1 is 1.03 bits per heavy atom. The predicted octanol–water partition coefficient (Wildman–Crippen LogP) is 4.44.